The van der Waals surface area contributed by atoms with E-state index in [9.17, 15) is 18.0 Å². The number of aryl methyl sites for hydroxylation is 1. The largest absolute Gasteiger partial charge is 0.448 e. The van der Waals surface area contributed by atoms with Crippen LogP contribution in [0.5, 0.6) is 0 Å². The molecule has 0 saturated carbocycles. The van der Waals surface area contributed by atoms with E-state index in [4.69, 9.17) is 22.1 Å². The van der Waals surface area contributed by atoms with Gasteiger partial charge in [-0.2, -0.15) is 0 Å². The van der Waals surface area contributed by atoms with Crippen molar-refractivity contribution in [3.63, 3.8) is 0 Å². The monoisotopic (exact) mass is 608 g/mol. The fourth-order valence-electron chi connectivity index (χ4n) is 5.58. The van der Waals surface area contributed by atoms with Crippen LogP contribution in [0.3, 0.4) is 0 Å². The number of esters is 1. The molecule has 1 fully saturated rings. The van der Waals surface area contributed by atoms with Crippen LogP contribution in [0.15, 0.2) is 72.4 Å². The van der Waals surface area contributed by atoms with E-state index in [1.54, 1.807) is 30.3 Å². The SMILES string of the molecule is Cc1cc(-c2ccc(NS(C)(=O)=O)cc2)c(Cl)cc1C1=C(N)C2(CCCN(CC(=O)NCc3ccccc3)C2)OC1=O. The second kappa shape index (κ2) is 11.8. The average molecular weight is 609 g/mol. The molecule has 0 bridgehead atoms. The van der Waals surface area contributed by atoms with Crippen LogP contribution in [-0.4, -0.2) is 56.7 Å². The number of likely N-dealkylation sites (tertiary alicyclic amines) is 1. The van der Waals surface area contributed by atoms with Crippen molar-refractivity contribution in [2.45, 2.75) is 31.9 Å². The lowest BCUT2D eigenvalue weighted by molar-refractivity contribution is -0.149. The van der Waals surface area contributed by atoms with Gasteiger partial charge in [-0.3, -0.25) is 14.4 Å². The number of hydrogen-bond acceptors (Lipinski definition) is 7. The van der Waals surface area contributed by atoms with Crippen molar-refractivity contribution in [2.75, 3.05) is 30.6 Å². The maximum absolute atomic E-state index is 13.3. The zero-order chi connectivity index (χ0) is 30.1. The van der Waals surface area contributed by atoms with E-state index in [-0.39, 0.29) is 12.5 Å². The fourth-order valence-corrected chi connectivity index (χ4v) is 6.42. The van der Waals surface area contributed by atoms with Crippen LogP contribution < -0.4 is 15.8 Å². The molecule has 5 rings (SSSR count). The van der Waals surface area contributed by atoms with E-state index in [1.807, 2.05) is 48.2 Å². The Kier molecular flexibility index (Phi) is 8.32. The van der Waals surface area contributed by atoms with Gasteiger partial charge in [0, 0.05) is 29.4 Å². The van der Waals surface area contributed by atoms with Crippen LogP contribution >= 0.6 is 11.6 Å². The van der Waals surface area contributed by atoms with E-state index < -0.39 is 21.6 Å². The van der Waals surface area contributed by atoms with Gasteiger partial charge in [0.05, 0.1) is 24.1 Å². The standard InChI is InChI=1S/C31H33ClN4O5S/c1-20-15-25(22-9-11-23(12-10-22)35-42(2,39)40)26(32)16-24(20)28-29(33)31(41-30(28)38)13-6-14-36(19-31)18-27(37)34-17-21-7-4-3-5-8-21/h3-5,7-12,15-16,35H,6,13-14,17-19,33H2,1-2H3,(H,34,37). The molecule has 9 nitrogen and oxygen atoms in total. The highest BCUT2D eigenvalue weighted by molar-refractivity contribution is 7.92. The number of sulfonamides is 1. The third kappa shape index (κ3) is 6.46. The molecule has 0 radical (unpaired) electrons. The summed E-state index contributed by atoms with van der Waals surface area (Å²) in [4.78, 5) is 27.9. The second-order valence-electron chi connectivity index (χ2n) is 10.8. The number of nitrogens with two attached hydrogens (primary N) is 1. The van der Waals surface area contributed by atoms with Crippen molar-refractivity contribution < 1.29 is 22.7 Å². The van der Waals surface area contributed by atoms with E-state index in [1.165, 1.54) is 0 Å². The molecule has 42 heavy (non-hydrogen) atoms. The summed E-state index contributed by atoms with van der Waals surface area (Å²) in [5.74, 6) is -0.618. The summed E-state index contributed by atoms with van der Waals surface area (Å²) in [6.45, 7) is 3.51. The number of nitrogens with zero attached hydrogens (tertiary/aromatic N) is 1. The van der Waals surface area contributed by atoms with Crippen LogP contribution in [0.2, 0.25) is 5.02 Å². The number of carbonyl (C=O) groups is 2. The Morgan fingerprint density at radius 2 is 1.81 bits per heavy atom. The van der Waals surface area contributed by atoms with Crippen molar-refractivity contribution in [3.05, 3.63) is 94.1 Å². The maximum atomic E-state index is 13.3. The molecule has 4 N–H and O–H groups in total. The number of carbonyl (C=O) groups excluding carboxylic acids is 2. The van der Waals surface area contributed by atoms with Crippen molar-refractivity contribution >= 4 is 44.8 Å². The average Bonchev–Trinajstić information content (AvgIpc) is 3.16. The zero-order valence-electron chi connectivity index (χ0n) is 23.4. The van der Waals surface area contributed by atoms with Gasteiger partial charge in [0.15, 0.2) is 5.60 Å². The molecule has 1 amide bonds. The first kappa shape index (κ1) is 29.6. The molecular weight excluding hydrogens is 576 g/mol. The third-order valence-corrected chi connectivity index (χ3v) is 8.49. The second-order valence-corrected chi connectivity index (χ2v) is 13.0. The first-order chi connectivity index (χ1) is 19.9. The summed E-state index contributed by atoms with van der Waals surface area (Å²) in [5.41, 5.74) is 10.7. The van der Waals surface area contributed by atoms with Gasteiger partial charge in [0.2, 0.25) is 15.9 Å². The van der Waals surface area contributed by atoms with Crippen molar-refractivity contribution in [1.82, 2.24) is 10.2 Å². The molecule has 0 aromatic heterocycles. The highest BCUT2D eigenvalue weighted by Gasteiger charge is 2.49. The number of ether oxygens (including phenoxy) is 1. The quantitative estimate of drug-likeness (QED) is 0.329. The fraction of sp³-hybridized carbons (Fsp3) is 0.290. The molecule has 1 unspecified atom stereocenters. The van der Waals surface area contributed by atoms with Gasteiger partial charge in [-0.15, -0.1) is 0 Å². The van der Waals surface area contributed by atoms with Gasteiger partial charge in [-0.05, 0) is 72.8 Å². The van der Waals surface area contributed by atoms with Crippen molar-refractivity contribution in [3.8, 4) is 11.1 Å². The minimum Gasteiger partial charge on any atom is -0.448 e. The smallest absolute Gasteiger partial charge is 0.341 e. The van der Waals surface area contributed by atoms with Gasteiger partial charge < -0.3 is 15.8 Å². The van der Waals surface area contributed by atoms with Crippen LogP contribution in [0, 0.1) is 6.92 Å². The topological polar surface area (TPSA) is 131 Å². The number of benzene rings is 3. The minimum atomic E-state index is -3.39. The van der Waals surface area contributed by atoms with Crippen LogP contribution in [0.25, 0.3) is 16.7 Å². The number of halogens is 1. The molecule has 0 aliphatic carbocycles. The Hall–Kier alpha value is -3.86. The molecule has 3 aromatic rings. The molecule has 11 heteroatoms. The van der Waals surface area contributed by atoms with E-state index in [0.717, 1.165) is 34.9 Å². The highest BCUT2D eigenvalue weighted by atomic mass is 35.5. The number of rotatable bonds is 8. The zero-order valence-corrected chi connectivity index (χ0v) is 25.0. The number of nitrogens with one attached hydrogen (secondary N) is 2. The lowest BCUT2D eigenvalue weighted by Gasteiger charge is -2.39. The van der Waals surface area contributed by atoms with Crippen molar-refractivity contribution in [2.24, 2.45) is 5.73 Å². The highest BCUT2D eigenvalue weighted by Crippen LogP contribution is 2.43. The molecule has 2 aliphatic rings. The number of amides is 1. The summed E-state index contributed by atoms with van der Waals surface area (Å²) in [5, 5.41) is 3.36. The van der Waals surface area contributed by atoms with Crippen molar-refractivity contribution in [1.29, 1.82) is 0 Å². The molecule has 3 aromatic carbocycles. The number of hydrogen-bond donors (Lipinski definition) is 3. The van der Waals surface area contributed by atoms with Gasteiger partial charge >= 0.3 is 5.97 Å². The Bertz CT molecular complexity index is 1660. The maximum Gasteiger partial charge on any atom is 0.341 e. The summed E-state index contributed by atoms with van der Waals surface area (Å²) < 4.78 is 31.4. The Morgan fingerprint density at radius 3 is 2.50 bits per heavy atom. The predicted octanol–water partition coefficient (Wildman–Crippen LogP) is 4.06. The molecule has 1 atom stereocenters. The van der Waals surface area contributed by atoms with Crippen LogP contribution in [0.4, 0.5) is 5.69 Å². The van der Waals surface area contributed by atoms with E-state index in [2.05, 4.69) is 10.0 Å². The minimum absolute atomic E-state index is 0.110. The number of anilines is 1. The van der Waals surface area contributed by atoms with E-state index >= 15 is 0 Å². The number of piperidine rings is 1. The first-order valence-electron chi connectivity index (χ1n) is 13.6. The van der Waals surface area contributed by atoms with Gasteiger partial charge in [0.1, 0.15) is 0 Å². The predicted molar refractivity (Wildman–Crippen MR) is 164 cm³/mol. The molecule has 1 spiro atoms. The Labute approximate surface area is 250 Å². The Morgan fingerprint density at radius 1 is 1.10 bits per heavy atom. The molecular formula is C31H33ClN4O5S. The summed E-state index contributed by atoms with van der Waals surface area (Å²) >= 11 is 6.71. The molecule has 2 aliphatic heterocycles. The summed E-state index contributed by atoms with van der Waals surface area (Å²) in [7, 11) is -3.39. The molecule has 1 saturated heterocycles. The Balaban J connectivity index is 1.34. The molecule has 220 valence electrons. The lowest BCUT2D eigenvalue weighted by Crippen LogP contribution is -2.53. The van der Waals surface area contributed by atoms with E-state index in [0.29, 0.717) is 53.6 Å². The summed E-state index contributed by atoms with van der Waals surface area (Å²) in [6, 6.07) is 20.1. The molecule has 2 heterocycles. The normalized spacial score (nSPS) is 19.2. The lowest BCUT2D eigenvalue weighted by atomic mass is 9.86. The van der Waals surface area contributed by atoms with Crippen LogP contribution in [0.1, 0.15) is 29.5 Å². The summed E-state index contributed by atoms with van der Waals surface area (Å²) in [6.07, 6.45) is 2.37. The van der Waals surface area contributed by atoms with Gasteiger partial charge in [-0.1, -0.05) is 54.1 Å². The van der Waals surface area contributed by atoms with Gasteiger partial charge in [-0.25, -0.2) is 13.2 Å². The first-order valence-corrected chi connectivity index (χ1v) is 15.9. The third-order valence-electron chi connectivity index (χ3n) is 7.57. The van der Waals surface area contributed by atoms with Crippen LogP contribution in [-0.2, 0) is 30.9 Å². The van der Waals surface area contributed by atoms with Gasteiger partial charge in [0.25, 0.3) is 0 Å².